The van der Waals surface area contributed by atoms with Crippen molar-refractivity contribution in [2.45, 2.75) is 43.1 Å². The highest BCUT2D eigenvalue weighted by atomic mass is 32.2. The number of benzene rings is 3. The molecule has 1 aromatic heterocycles. The molecule has 0 saturated carbocycles. The molecule has 0 bridgehead atoms. The Kier molecular flexibility index (Phi) is 8.03. The molecule has 7 heteroatoms. The molecule has 0 fully saturated rings. The van der Waals surface area contributed by atoms with Crippen LogP contribution in [0.15, 0.2) is 71.6 Å². The SMILES string of the molecule is COC(=O)c1cc2ccc(SCCCc3cc4c(cc3O)CC(CCc3ccccc3)O4)cc2nc1OC. The number of ether oxygens (including phenoxy) is 3. The number of nitrogens with zero attached hydrogens (tertiary/aromatic N) is 1. The molecule has 196 valence electrons. The molecule has 1 unspecified atom stereocenters. The van der Waals surface area contributed by atoms with E-state index in [2.05, 4.69) is 29.2 Å². The van der Waals surface area contributed by atoms with Crippen molar-refractivity contribution in [2.24, 2.45) is 0 Å². The van der Waals surface area contributed by atoms with Crippen molar-refractivity contribution in [1.82, 2.24) is 4.98 Å². The fraction of sp³-hybridized carbons (Fsp3) is 0.290. The molecule has 3 aromatic carbocycles. The van der Waals surface area contributed by atoms with E-state index in [1.165, 1.54) is 19.8 Å². The van der Waals surface area contributed by atoms with E-state index in [9.17, 15) is 9.90 Å². The van der Waals surface area contributed by atoms with Gasteiger partial charge in [0, 0.05) is 22.3 Å². The van der Waals surface area contributed by atoms with E-state index >= 15 is 0 Å². The second kappa shape index (κ2) is 11.8. The predicted molar refractivity (Wildman–Crippen MR) is 150 cm³/mol. The molecule has 0 aliphatic carbocycles. The molecule has 1 N–H and O–H groups in total. The fourth-order valence-corrected chi connectivity index (χ4v) is 5.69. The summed E-state index contributed by atoms with van der Waals surface area (Å²) in [6, 6.07) is 22.1. The summed E-state index contributed by atoms with van der Waals surface area (Å²) in [5.41, 5.74) is 4.40. The Balaban J connectivity index is 1.16. The number of methoxy groups -OCH3 is 2. The van der Waals surface area contributed by atoms with Crippen LogP contribution in [0.1, 0.15) is 39.9 Å². The van der Waals surface area contributed by atoms with Crippen molar-refractivity contribution < 1.29 is 24.1 Å². The predicted octanol–water partition coefficient (Wildman–Crippen LogP) is 6.40. The van der Waals surface area contributed by atoms with Crippen molar-refractivity contribution >= 4 is 28.6 Å². The summed E-state index contributed by atoms with van der Waals surface area (Å²) in [6.45, 7) is 0. The number of carbonyl (C=O) groups is 1. The number of hydrogen-bond donors (Lipinski definition) is 1. The quantitative estimate of drug-likeness (QED) is 0.145. The van der Waals surface area contributed by atoms with Gasteiger partial charge in [-0.3, -0.25) is 0 Å². The van der Waals surface area contributed by atoms with Crippen molar-refractivity contribution in [3.63, 3.8) is 0 Å². The summed E-state index contributed by atoms with van der Waals surface area (Å²) >= 11 is 1.73. The molecule has 0 spiro atoms. The second-order valence-corrected chi connectivity index (χ2v) is 10.6. The number of carbonyl (C=O) groups excluding carboxylic acids is 1. The summed E-state index contributed by atoms with van der Waals surface area (Å²) in [4.78, 5) is 17.6. The molecule has 5 rings (SSSR count). The number of aryl methyl sites for hydroxylation is 2. The number of hydrogen-bond acceptors (Lipinski definition) is 7. The smallest absolute Gasteiger partial charge is 0.343 e. The number of aromatic nitrogens is 1. The third kappa shape index (κ3) is 5.89. The van der Waals surface area contributed by atoms with Crippen LogP contribution in [0.2, 0.25) is 0 Å². The molecule has 2 heterocycles. The van der Waals surface area contributed by atoms with Crippen LogP contribution in [-0.4, -0.2) is 42.1 Å². The van der Waals surface area contributed by atoms with Gasteiger partial charge < -0.3 is 19.3 Å². The molecular weight excluding hydrogens is 498 g/mol. The summed E-state index contributed by atoms with van der Waals surface area (Å²) < 4.78 is 16.4. The number of phenols is 1. The zero-order chi connectivity index (χ0) is 26.5. The van der Waals surface area contributed by atoms with E-state index in [1.807, 2.05) is 36.4 Å². The topological polar surface area (TPSA) is 77.9 Å². The molecule has 1 aliphatic heterocycles. The largest absolute Gasteiger partial charge is 0.508 e. The van der Waals surface area contributed by atoms with Gasteiger partial charge in [-0.2, -0.15) is 0 Å². The van der Waals surface area contributed by atoms with Crippen LogP contribution in [0.25, 0.3) is 10.9 Å². The van der Waals surface area contributed by atoms with E-state index in [0.717, 1.165) is 70.5 Å². The lowest BCUT2D eigenvalue weighted by Gasteiger charge is -2.11. The van der Waals surface area contributed by atoms with Crippen molar-refractivity contribution in [3.8, 4) is 17.4 Å². The van der Waals surface area contributed by atoms with Crippen molar-refractivity contribution in [2.75, 3.05) is 20.0 Å². The highest BCUT2D eigenvalue weighted by molar-refractivity contribution is 7.99. The standard InChI is InChI=1S/C31H31NO5S/c1-35-30-26(31(34)36-2)16-21-11-13-25(19-27(21)32-30)38-14-6-9-22-18-29-23(17-28(22)33)15-24(37-29)12-10-20-7-4-3-5-8-20/h3-5,7-8,11,13,16-19,24,33H,6,9-10,12,14-15H2,1-2H3. The van der Waals surface area contributed by atoms with E-state index in [1.54, 1.807) is 17.8 Å². The van der Waals surface area contributed by atoms with Crippen LogP contribution >= 0.6 is 11.8 Å². The minimum Gasteiger partial charge on any atom is -0.508 e. The highest BCUT2D eigenvalue weighted by Crippen LogP contribution is 2.36. The third-order valence-electron chi connectivity index (χ3n) is 6.81. The number of pyridine rings is 1. The molecule has 1 aliphatic rings. The monoisotopic (exact) mass is 529 g/mol. The molecule has 0 saturated heterocycles. The number of thioether (sulfide) groups is 1. The van der Waals surface area contributed by atoms with E-state index in [-0.39, 0.29) is 12.0 Å². The summed E-state index contributed by atoms with van der Waals surface area (Å²) in [7, 11) is 2.83. The zero-order valence-electron chi connectivity index (χ0n) is 21.6. The van der Waals surface area contributed by atoms with Gasteiger partial charge in [-0.15, -0.1) is 11.8 Å². The molecule has 4 aromatic rings. The van der Waals surface area contributed by atoms with Crippen LogP contribution in [0, 0.1) is 0 Å². The lowest BCUT2D eigenvalue weighted by molar-refractivity contribution is 0.0596. The molecule has 38 heavy (non-hydrogen) atoms. The van der Waals surface area contributed by atoms with Gasteiger partial charge in [0.15, 0.2) is 0 Å². The van der Waals surface area contributed by atoms with Crippen LogP contribution in [0.3, 0.4) is 0 Å². The first kappa shape index (κ1) is 25.9. The Bertz CT molecular complexity index is 1440. The van der Waals surface area contributed by atoms with Gasteiger partial charge in [0.1, 0.15) is 23.2 Å². The second-order valence-electron chi connectivity index (χ2n) is 9.40. The molecular formula is C31H31NO5S. The number of fused-ring (bicyclic) bond motifs is 2. The number of esters is 1. The van der Waals surface area contributed by atoms with Crippen LogP contribution in [0.5, 0.6) is 17.4 Å². The van der Waals surface area contributed by atoms with E-state index in [4.69, 9.17) is 14.2 Å². The number of aromatic hydroxyl groups is 1. The van der Waals surface area contributed by atoms with Gasteiger partial charge in [-0.05, 0) is 72.9 Å². The maximum Gasteiger partial charge on any atom is 0.343 e. The van der Waals surface area contributed by atoms with Gasteiger partial charge in [-0.25, -0.2) is 9.78 Å². The average molecular weight is 530 g/mol. The van der Waals surface area contributed by atoms with Crippen LogP contribution in [0.4, 0.5) is 0 Å². The first-order valence-electron chi connectivity index (χ1n) is 12.8. The Morgan fingerprint density at radius 2 is 1.92 bits per heavy atom. The Labute approximate surface area is 227 Å². The van der Waals surface area contributed by atoms with Gasteiger partial charge >= 0.3 is 5.97 Å². The van der Waals surface area contributed by atoms with Gasteiger partial charge in [0.25, 0.3) is 0 Å². The minimum atomic E-state index is -0.474. The van der Waals surface area contributed by atoms with Gasteiger partial charge in [0.2, 0.25) is 5.88 Å². The minimum absolute atomic E-state index is 0.152. The summed E-state index contributed by atoms with van der Waals surface area (Å²) in [5.74, 6) is 1.93. The van der Waals surface area contributed by atoms with Crippen molar-refractivity contribution in [3.05, 3.63) is 89.0 Å². The van der Waals surface area contributed by atoms with Gasteiger partial charge in [0.05, 0.1) is 19.7 Å². The van der Waals surface area contributed by atoms with Crippen molar-refractivity contribution in [1.29, 1.82) is 0 Å². The molecule has 0 amide bonds. The molecule has 1 atom stereocenters. The summed E-state index contributed by atoms with van der Waals surface area (Å²) in [6.07, 6.45) is 4.62. The number of rotatable bonds is 10. The molecule has 6 nitrogen and oxygen atoms in total. The van der Waals surface area contributed by atoms with Crippen LogP contribution in [-0.2, 0) is 24.0 Å². The summed E-state index contributed by atoms with van der Waals surface area (Å²) in [5, 5.41) is 11.5. The zero-order valence-corrected chi connectivity index (χ0v) is 22.4. The first-order chi connectivity index (χ1) is 18.5. The lowest BCUT2D eigenvalue weighted by Crippen LogP contribution is -2.13. The maximum absolute atomic E-state index is 12.0. The first-order valence-corrected chi connectivity index (χ1v) is 13.8. The molecule has 0 radical (unpaired) electrons. The fourth-order valence-electron chi connectivity index (χ4n) is 4.81. The Morgan fingerprint density at radius 3 is 2.71 bits per heavy atom. The van der Waals surface area contributed by atoms with E-state index < -0.39 is 5.97 Å². The highest BCUT2D eigenvalue weighted by Gasteiger charge is 2.24. The lowest BCUT2D eigenvalue weighted by atomic mass is 10.0. The van der Waals surface area contributed by atoms with Crippen LogP contribution < -0.4 is 9.47 Å². The van der Waals surface area contributed by atoms with Gasteiger partial charge in [-0.1, -0.05) is 36.4 Å². The number of phenolic OH excluding ortho intramolecular Hbond substituents is 1. The Hall–Kier alpha value is -3.71. The maximum atomic E-state index is 12.0. The normalized spacial score (nSPS) is 14.2. The third-order valence-corrected chi connectivity index (χ3v) is 7.89. The Morgan fingerprint density at radius 1 is 1.08 bits per heavy atom. The van der Waals surface area contributed by atoms with E-state index in [0.29, 0.717) is 11.3 Å². The average Bonchev–Trinajstić information content (AvgIpc) is 3.34.